The molecule has 0 fully saturated rings. The number of carbonyl (C=O) groups is 1. The number of hydrogen-bond acceptors (Lipinski definition) is 6. The van der Waals surface area contributed by atoms with Gasteiger partial charge in [-0.2, -0.15) is 13.2 Å². The number of rotatable bonds is 3. The van der Waals surface area contributed by atoms with Crippen molar-refractivity contribution in [1.29, 1.82) is 0 Å². The molecule has 0 saturated carbocycles. The average molecular weight is 404 g/mol. The summed E-state index contributed by atoms with van der Waals surface area (Å²) in [5.41, 5.74) is 3.48. The molecule has 2 unspecified atom stereocenters. The SMILES string of the molecule is CC1=C(NC(=O)C2=CN=CCN2)N2NC(c3ccccc3C(F)(F)F)C=CC2N1. The van der Waals surface area contributed by atoms with Crippen molar-refractivity contribution >= 4 is 12.1 Å². The van der Waals surface area contributed by atoms with Crippen LogP contribution in [0.5, 0.6) is 0 Å². The van der Waals surface area contributed by atoms with Gasteiger partial charge in [-0.25, -0.2) is 5.43 Å². The number of hydrazine groups is 1. The van der Waals surface area contributed by atoms with Crippen LogP contribution in [0.15, 0.2) is 64.8 Å². The maximum absolute atomic E-state index is 13.4. The Morgan fingerprint density at radius 1 is 1.28 bits per heavy atom. The summed E-state index contributed by atoms with van der Waals surface area (Å²) in [6.45, 7) is 2.22. The zero-order chi connectivity index (χ0) is 20.6. The van der Waals surface area contributed by atoms with E-state index in [0.717, 1.165) is 6.07 Å². The first-order chi connectivity index (χ1) is 13.8. The lowest BCUT2D eigenvalue weighted by Crippen LogP contribution is -2.52. The van der Waals surface area contributed by atoms with Crippen LogP contribution in [-0.4, -0.2) is 29.8 Å². The van der Waals surface area contributed by atoms with Gasteiger partial charge in [0.1, 0.15) is 17.7 Å². The van der Waals surface area contributed by atoms with E-state index < -0.39 is 17.8 Å². The molecule has 1 aromatic carbocycles. The smallest absolute Gasteiger partial charge is 0.374 e. The van der Waals surface area contributed by atoms with Gasteiger partial charge in [0, 0.05) is 6.21 Å². The topological polar surface area (TPSA) is 80.8 Å². The quantitative estimate of drug-likeness (QED) is 0.579. The largest absolute Gasteiger partial charge is 0.416 e. The first-order valence-electron chi connectivity index (χ1n) is 8.99. The van der Waals surface area contributed by atoms with Crippen molar-refractivity contribution in [2.45, 2.75) is 25.3 Å². The van der Waals surface area contributed by atoms with E-state index in [1.165, 1.54) is 18.3 Å². The molecule has 1 amide bonds. The molecule has 3 aliphatic rings. The van der Waals surface area contributed by atoms with E-state index in [0.29, 0.717) is 23.8 Å². The molecule has 4 rings (SSSR count). The van der Waals surface area contributed by atoms with Crippen LogP contribution in [0, 0.1) is 0 Å². The fourth-order valence-electron chi connectivity index (χ4n) is 3.41. The lowest BCUT2D eigenvalue weighted by Gasteiger charge is -2.35. The van der Waals surface area contributed by atoms with Gasteiger partial charge in [0.2, 0.25) is 0 Å². The van der Waals surface area contributed by atoms with Crippen molar-refractivity contribution in [2.24, 2.45) is 4.99 Å². The zero-order valence-electron chi connectivity index (χ0n) is 15.4. The fourth-order valence-corrected chi connectivity index (χ4v) is 3.41. The lowest BCUT2D eigenvalue weighted by atomic mass is 9.99. The predicted molar refractivity (Wildman–Crippen MR) is 101 cm³/mol. The first-order valence-corrected chi connectivity index (χ1v) is 8.99. The number of nitrogens with zero attached hydrogens (tertiary/aromatic N) is 2. The summed E-state index contributed by atoms with van der Waals surface area (Å²) < 4.78 is 40.3. The molecular formula is C19H19F3N6O. The van der Waals surface area contributed by atoms with E-state index in [1.54, 1.807) is 36.4 Å². The highest BCUT2D eigenvalue weighted by Gasteiger charge is 2.38. The molecule has 3 aliphatic heterocycles. The Kier molecular flexibility index (Phi) is 4.79. The zero-order valence-corrected chi connectivity index (χ0v) is 15.4. The maximum Gasteiger partial charge on any atom is 0.416 e. The Balaban J connectivity index is 1.57. The van der Waals surface area contributed by atoms with Gasteiger partial charge >= 0.3 is 6.18 Å². The molecule has 3 heterocycles. The summed E-state index contributed by atoms with van der Waals surface area (Å²) in [7, 11) is 0. The normalized spacial score (nSPS) is 23.3. The summed E-state index contributed by atoms with van der Waals surface area (Å²) in [5.74, 6) is 0.0540. The van der Waals surface area contributed by atoms with E-state index in [4.69, 9.17) is 0 Å². The number of halogens is 3. The van der Waals surface area contributed by atoms with Gasteiger partial charge in [0.15, 0.2) is 0 Å². The highest BCUT2D eigenvalue weighted by atomic mass is 19.4. The number of hydrogen-bond donors (Lipinski definition) is 4. The minimum absolute atomic E-state index is 0.107. The molecule has 0 aromatic heterocycles. The van der Waals surface area contributed by atoms with Gasteiger partial charge in [-0.15, -0.1) is 0 Å². The molecule has 7 nitrogen and oxygen atoms in total. The predicted octanol–water partition coefficient (Wildman–Crippen LogP) is 1.87. The molecule has 29 heavy (non-hydrogen) atoms. The molecule has 0 spiro atoms. The van der Waals surface area contributed by atoms with E-state index in [2.05, 4.69) is 26.4 Å². The van der Waals surface area contributed by atoms with Crippen LogP contribution in [0.2, 0.25) is 0 Å². The molecule has 10 heteroatoms. The highest BCUT2D eigenvalue weighted by Crippen LogP contribution is 2.36. The maximum atomic E-state index is 13.4. The summed E-state index contributed by atoms with van der Waals surface area (Å²) >= 11 is 0. The highest BCUT2D eigenvalue weighted by molar-refractivity contribution is 5.95. The van der Waals surface area contributed by atoms with Gasteiger partial charge in [-0.1, -0.05) is 24.3 Å². The van der Waals surface area contributed by atoms with Gasteiger partial charge in [0.25, 0.3) is 5.91 Å². The van der Waals surface area contributed by atoms with E-state index in [-0.39, 0.29) is 17.6 Å². The fraction of sp³-hybridized carbons (Fsp3) is 0.263. The number of carbonyl (C=O) groups excluding carboxylic acids is 1. The molecule has 0 aliphatic carbocycles. The second-order valence-electron chi connectivity index (χ2n) is 6.72. The number of benzene rings is 1. The Morgan fingerprint density at radius 2 is 2.07 bits per heavy atom. The van der Waals surface area contributed by atoms with Crippen molar-refractivity contribution in [2.75, 3.05) is 6.54 Å². The standard InChI is InChI=1S/C19H19F3N6O/c1-11-17(26-18(29)15-10-23-8-9-24-15)28-16(25-11)7-6-14(27-28)12-4-2-3-5-13(12)19(20,21)22/h2-8,10,14,16,24-25,27H,9H2,1H3,(H,26,29). The first kappa shape index (κ1) is 19.1. The average Bonchev–Trinajstić information content (AvgIpc) is 3.02. The van der Waals surface area contributed by atoms with Crippen LogP contribution >= 0.6 is 0 Å². The Morgan fingerprint density at radius 3 is 2.79 bits per heavy atom. The third-order valence-electron chi connectivity index (χ3n) is 4.77. The van der Waals surface area contributed by atoms with Crippen LogP contribution in [-0.2, 0) is 11.0 Å². The van der Waals surface area contributed by atoms with Crippen molar-refractivity contribution in [3.63, 3.8) is 0 Å². The lowest BCUT2D eigenvalue weighted by molar-refractivity contribution is -0.138. The van der Waals surface area contributed by atoms with Crippen molar-refractivity contribution < 1.29 is 18.0 Å². The van der Waals surface area contributed by atoms with E-state index in [9.17, 15) is 18.0 Å². The molecular weight excluding hydrogens is 385 g/mol. The van der Waals surface area contributed by atoms with Crippen molar-refractivity contribution in [1.82, 2.24) is 26.4 Å². The van der Waals surface area contributed by atoms with Gasteiger partial charge in [0.05, 0.1) is 30.0 Å². The molecule has 0 bridgehead atoms. The van der Waals surface area contributed by atoms with Gasteiger partial charge in [-0.05, 0) is 24.6 Å². The van der Waals surface area contributed by atoms with Crippen molar-refractivity contribution in [3.8, 4) is 0 Å². The Hall–Kier alpha value is -3.27. The summed E-state index contributed by atoms with van der Waals surface area (Å²) in [5, 5.41) is 10.5. The van der Waals surface area contributed by atoms with Crippen LogP contribution in [0.4, 0.5) is 13.2 Å². The number of nitrogens with one attached hydrogen (secondary N) is 4. The number of alkyl halides is 3. The van der Waals surface area contributed by atoms with Crippen LogP contribution in [0.25, 0.3) is 0 Å². The van der Waals surface area contributed by atoms with Crippen LogP contribution in [0.1, 0.15) is 24.1 Å². The Labute approximate surface area is 165 Å². The second kappa shape index (κ2) is 7.28. The van der Waals surface area contributed by atoms with E-state index >= 15 is 0 Å². The van der Waals surface area contributed by atoms with Gasteiger partial charge in [-0.3, -0.25) is 14.8 Å². The molecule has 152 valence electrons. The summed E-state index contributed by atoms with van der Waals surface area (Å²) in [6, 6.07) is 4.73. The number of fused-ring (bicyclic) bond motifs is 1. The minimum atomic E-state index is -4.46. The molecule has 2 atom stereocenters. The second-order valence-corrected chi connectivity index (χ2v) is 6.72. The molecule has 1 aromatic rings. The van der Waals surface area contributed by atoms with E-state index in [1.807, 2.05) is 0 Å². The summed E-state index contributed by atoms with van der Waals surface area (Å²) in [4.78, 5) is 16.5. The minimum Gasteiger partial charge on any atom is -0.374 e. The molecule has 0 radical (unpaired) electrons. The van der Waals surface area contributed by atoms with Crippen LogP contribution < -0.4 is 21.4 Å². The monoisotopic (exact) mass is 404 g/mol. The molecule has 0 saturated heterocycles. The number of allylic oxidation sites excluding steroid dienone is 1. The molecule has 4 N–H and O–H groups in total. The third-order valence-corrected chi connectivity index (χ3v) is 4.77. The van der Waals surface area contributed by atoms with Gasteiger partial charge < -0.3 is 16.0 Å². The third kappa shape index (κ3) is 3.70. The number of amides is 1. The Bertz CT molecular complexity index is 950. The summed E-state index contributed by atoms with van der Waals surface area (Å²) in [6.07, 6.45) is 1.70. The van der Waals surface area contributed by atoms with Crippen molar-refractivity contribution in [3.05, 3.63) is 71.0 Å². The number of aliphatic imine (C=N–C) groups is 1. The van der Waals surface area contributed by atoms with Crippen LogP contribution in [0.3, 0.4) is 0 Å².